The van der Waals surface area contributed by atoms with Gasteiger partial charge in [0.2, 0.25) is 0 Å². The Hall–Kier alpha value is -0.910. The van der Waals surface area contributed by atoms with Gasteiger partial charge in [-0.3, -0.25) is 5.84 Å². The van der Waals surface area contributed by atoms with E-state index in [0.717, 1.165) is 6.42 Å². The van der Waals surface area contributed by atoms with Crippen molar-refractivity contribution in [3.63, 3.8) is 0 Å². The molecule has 0 fully saturated rings. The number of halogens is 1. The van der Waals surface area contributed by atoms with Crippen LogP contribution in [0.25, 0.3) is 0 Å². The number of benzene rings is 2. The highest BCUT2D eigenvalue weighted by Gasteiger charge is 2.11. The zero-order chi connectivity index (χ0) is 13.7. The van der Waals surface area contributed by atoms with Crippen molar-refractivity contribution in [1.29, 1.82) is 0 Å². The smallest absolute Gasteiger partial charge is 0.0710 e. The first kappa shape index (κ1) is 14.5. The second kappa shape index (κ2) is 7.03. The first-order chi connectivity index (χ1) is 9.24. The summed E-state index contributed by atoms with van der Waals surface area (Å²) >= 11 is 2.31. The molecule has 0 aliphatic rings. The molecule has 2 aromatic rings. The van der Waals surface area contributed by atoms with Crippen molar-refractivity contribution in [3.05, 3.63) is 68.8 Å². The number of hydrazine groups is 1. The third-order valence-corrected chi connectivity index (χ3v) is 3.94. The van der Waals surface area contributed by atoms with Crippen LogP contribution in [0.15, 0.2) is 48.5 Å². The highest BCUT2D eigenvalue weighted by atomic mass is 127. The number of hydrogen-bond donors (Lipinski definition) is 2. The van der Waals surface area contributed by atoms with Crippen LogP contribution in [0.5, 0.6) is 0 Å². The van der Waals surface area contributed by atoms with Crippen molar-refractivity contribution in [2.24, 2.45) is 5.84 Å². The summed E-state index contributed by atoms with van der Waals surface area (Å²) in [5.74, 6) is 5.72. The lowest BCUT2D eigenvalue weighted by molar-refractivity contribution is 0.636. The molecule has 3 N–H and O–H groups in total. The molecule has 0 amide bonds. The van der Waals surface area contributed by atoms with Gasteiger partial charge < -0.3 is 0 Å². The SMILES string of the molecule is CCCc1ccc(C(NN)c2ccc(I)cc2)cc1. The van der Waals surface area contributed by atoms with Crippen molar-refractivity contribution in [2.75, 3.05) is 0 Å². The van der Waals surface area contributed by atoms with E-state index in [1.807, 2.05) is 0 Å². The molecule has 1 unspecified atom stereocenters. The average Bonchev–Trinajstić information content (AvgIpc) is 2.44. The molecule has 3 heteroatoms. The van der Waals surface area contributed by atoms with Gasteiger partial charge >= 0.3 is 0 Å². The van der Waals surface area contributed by atoms with Crippen LogP contribution < -0.4 is 11.3 Å². The Kier molecular flexibility index (Phi) is 5.36. The fourth-order valence-electron chi connectivity index (χ4n) is 2.21. The summed E-state index contributed by atoms with van der Waals surface area (Å²) in [5, 5.41) is 0. The molecule has 2 aromatic carbocycles. The van der Waals surface area contributed by atoms with Gasteiger partial charge in [0.15, 0.2) is 0 Å². The first-order valence-electron chi connectivity index (χ1n) is 6.55. The number of aryl methyl sites for hydroxylation is 1. The molecule has 0 aliphatic carbocycles. The van der Waals surface area contributed by atoms with E-state index in [9.17, 15) is 0 Å². The highest BCUT2D eigenvalue weighted by molar-refractivity contribution is 14.1. The summed E-state index contributed by atoms with van der Waals surface area (Å²) < 4.78 is 1.23. The van der Waals surface area contributed by atoms with Gasteiger partial charge in [0.1, 0.15) is 0 Å². The minimum absolute atomic E-state index is 0.0488. The Balaban J connectivity index is 2.23. The molecule has 0 spiro atoms. The topological polar surface area (TPSA) is 38.0 Å². The quantitative estimate of drug-likeness (QED) is 0.480. The molecule has 0 radical (unpaired) electrons. The lowest BCUT2D eigenvalue weighted by Gasteiger charge is -2.17. The molecule has 19 heavy (non-hydrogen) atoms. The normalized spacial score (nSPS) is 12.4. The Morgan fingerprint density at radius 2 is 1.53 bits per heavy atom. The van der Waals surface area contributed by atoms with E-state index >= 15 is 0 Å². The molecule has 0 saturated carbocycles. The summed E-state index contributed by atoms with van der Waals surface area (Å²) in [5.41, 5.74) is 6.67. The fraction of sp³-hybridized carbons (Fsp3) is 0.250. The van der Waals surface area contributed by atoms with E-state index in [2.05, 4.69) is 83.5 Å². The highest BCUT2D eigenvalue weighted by Crippen LogP contribution is 2.22. The van der Waals surface area contributed by atoms with Crippen molar-refractivity contribution < 1.29 is 0 Å². The Morgan fingerprint density at radius 3 is 2.00 bits per heavy atom. The van der Waals surface area contributed by atoms with Crippen LogP contribution in [-0.4, -0.2) is 0 Å². The maximum atomic E-state index is 5.72. The van der Waals surface area contributed by atoms with Crippen molar-refractivity contribution in [3.8, 4) is 0 Å². The summed E-state index contributed by atoms with van der Waals surface area (Å²) in [7, 11) is 0. The molecule has 0 saturated heterocycles. The van der Waals surface area contributed by atoms with E-state index < -0.39 is 0 Å². The van der Waals surface area contributed by atoms with Gasteiger partial charge in [-0.1, -0.05) is 49.7 Å². The Labute approximate surface area is 128 Å². The molecule has 0 bridgehead atoms. The minimum atomic E-state index is 0.0488. The molecule has 0 aromatic heterocycles. The minimum Gasteiger partial charge on any atom is -0.271 e. The molecular formula is C16H19IN2. The van der Waals surface area contributed by atoms with Gasteiger partial charge in [0.05, 0.1) is 6.04 Å². The van der Waals surface area contributed by atoms with E-state index in [4.69, 9.17) is 5.84 Å². The van der Waals surface area contributed by atoms with Crippen LogP contribution in [0.4, 0.5) is 0 Å². The van der Waals surface area contributed by atoms with Crippen LogP contribution >= 0.6 is 22.6 Å². The molecule has 2 nitrogen and oxygen atoms in total. The third-order valence-electron chi connectivity index (χ3n) is 3.22. The van der Waals surface area contributed by atoms with E-state index in [1.54, 1.807) is 0 Å². The van der Waals surface area contributed by atoms with Gasteiger partial charge in [-0.05, 0) is 57.8 Å². The first-order valence-corrected chi connectivity index (χ1v) is 7.63. The maximum absolute atomic E-state index is 5.72. The Morgan fingerprint density at radius 1 is 1.00 bits per heavy atom. The zero-order valence-corrected chi connectivity index (χ0v) is 13.2. The average molecular weight is 366 g/mol. The van der Waals surface area contributed by atoms with Crippen LogP contribution in [0.1, 0.15) is 36.1 Å². The van der Waals surface area contributed by atoms with Crippen LogP contribution in [-0.2, 0) is 6.42 Å². The summed E-state index contributed by atoms with van der Waals surface area (Å²) in [6, 6.07) is 17.2. The molecular weight excluding hydrogens is 347 g/mol. The van der Waals surface area contributed by atoms with Gasteiger partial charge in [-0.2, -0.15) is 0 Å². The third kappa shape index (κ3) is 3.78. The number of nitrogens with one attached hydrogen (secondary N) is 1. The molecule has 1 atom stereocenters. The largest absolute Gasteiger partial charge is 0.271 e. The summed E-state index contributed by atoms with van der Waals surface area (Å²) in [6.07, 6.45) is 2.31. The van der Waals surface area contributed by atoms with Crippen molar-refractivity contribution >= 4 is 22.6 Å². The standard InChI is InChI=1S/C16H19IN2/c1-2-3-12-4-6-13(7-5-12)16(19-18)14-8-10-15(17)11-9-14/h4-11,16,19H,2-3,18H2,1H3. The van der Waals surface area contributed by atoms with Crippen molar-refractivity contribution in [1.82, 2.24) is 5.43 Å². The van der Waals surface area contributed by atoms with Gasteiger partial charge in [-0.25, -0.2) is 5.43 Å². The van der Waals surface area contributed by atoms with Gasteiger partial charge in [0, 0.05) is 3.57 Å². The summed E-state index contributed by atoms with van der Waals surface area (Å²) in [4.78, 5) is 0. The second-order valence-corrected chi connectivity index (χ2v) is 5.89. The zero-order valence-electron chi connectivity index (χ0n) is 11.1. The Bertz CT molecular complexity index is 505. The molecule has 0 aliphatic heterocycles. The molecule has 2 rings (SSSR count). The molecule has 100 valence electrons. The van der Waals surface area contributed by atoms with Crippen LogP contribution in [0.2, 0.25) is 0 Å². The van der Waals surface area contributed by atoms with E-state index in [0.29, 0.717) is 0 Å². The monoisotopic (exact) mass is 366 g/mol. The lowest BCUT2D eigenvalue weighted by atomic mass is 9.97. The number of nitrogens with two attached hydrogens (primary N) is 1. The predicted octanol–water partition coefficient (Wildman–Crippen LogP) is 3.80. The summed E-state index contributed by atoms with van der Waals surface area (Å²) in [6.45, 7) is 2.20. The van der Waals surface area contributed by atoms with Crippen LogP contribution in [0.3, 0.4) is 0 Å². The predicted molar refractivity (Wildman–Crippen MR) is 88.8 cm³/mol. The van der Waals surface area contributed by atoms with Gasteiger partial charge in [-0.15, -0.1) is 0 Å². The number of rotatable bonds is 5. The van der Waals surface area contributed by atoms with E-state index in [1.165, 1.54) is 26.7 Å². The van der Waals surface area contributed by atoms with Crippen LogP contribution in [0, 0.1) is 3.57 Å². The molecule has 0 heterocycles. The second-order valence-electron chi connectivity index (χ2n) is 4.64. The number of hydrogen-bond acceptors (Lipinski definition) is 2. The van der Waals surface area contributed by atoms with Gasteiger partial charge in [0.25, 0.3) is 0 Å². The maximum Gasteiger partial charge on any atom is 0.0710 e. The fourth-order valence-corrected chi connectivity index (χ4v) is 2.57. The van der Waals surface area contributed by atoms with E-state index in [-0.39, 0.29) is 6.04 Å². The lowest BCUT2D eigenvalue weighted by Crippen LogP contribution is -2.28. The van der Waals surface area contributed by atoms with Crippen molar-refractivity contribution in [2.45, 2.75) is 25.8 Å².